The molecule has 17 heavy (non-hydrogen) atoms. The molecule has 2 atom stereocenters. The van der Waals surface area contributed by atoms with Gasteiger partial charge in [0.15, 0.2) is 0 Å². The van der Waals surface area contributed by atoms with Crippen molar-refractivity contribution in [3.05, 3.63) is 0 Å². The van der Waals surface area contributed by atoms with Gasteiger partial charge in [-0.3, -0.25) is 4.79 Å². The van der Waals surface area contributed by atoms with Crippen LogP contribution < -0.4 is 5.73 Å². The summed E-state index contributed by atoms with van der Waals surface area (Å²) in [5.74, 6) is 0.525. The quantitative estimate of drug-likeness (QED) is 0.801. The lowest BCUT2D eigenvalue weighted by Gasteiger charge is -2.31. The third kappa shape index (κ3) is 2.80. The Morgan fingerprint density at radius 2 is 2.06 bits per heavy atom. The minimum Gasteiger partial charge on any atom is -0.368 e. The molecular weight excluding hydrogens is 216 g/mol. The summed E-state index contributed by atoms with van der Waals surface area (Å²) in [4.78, 5) is 14.5. The molecule has 1 saturated heterocycles. The molecule has 0 bridgehead atoms. The highest BCUT2D eigenvalue weighted by molar-refractivity contribution is 5.82. The van der Waals surface area contributed by atoms with Gasteiger partial charge in [-0.1, -0.05) is 19.8 Å². The Morgan fingerprint density at radius 3 is 2.59 bits per heavy atom. The van der Waals surface area contributed by atoms with Crippen molar-refractivity contribution < 1.29 is 9.53 Å². The van der Waals surface area contributed by atoms with Crippen LogP contribution in [0.3, 0.4) is 0 Å². The van der Waals surface area contributed by atoms with Crippen LogP contribution in [0.4, 0.5) is 0 Å². The molecule has 0 aromatic carbocycles. The molecule has 2 N–H and O–H groups in total. The normalized spacial score (nSPS) is 29.8. The molecule has 1 saturated carbocycles. The summed E-state index contributed by atoms with van der Waals surface area (Å²) < 4.78 is 5.58. The van der Waals surface area contributed by atoms with E-state index < -0.39 is 0 Å². The minimum atomic E-state index is -0.220. The van der Waals surface area contributed by atoms with Crippen molar-refractivity contribution in [1.82, 2.24) is 4.90 Å². The monoisotopic (exact) mass is 240 g/mol. The Kier molecular flexibility index (Phi) is 4.40. The van der Waals surface area contributed by atoms with Crippen LogP contribution in [0.15, 0.2) is 0 Å². The van der Waals surface area contributed by atoms with E-state index in [2.05, 4.69) is 6.92 Å². The van der Waals surface area contributed by atoms with Crippen LogP contribution in [0.5, 0.6) is 0 Å². The fourth-order valence-corrected chi connectivity index (χ4v) is 3.00. The predicted molar refractivity (Wildman–Crippen MR) is 66.5 cm³/mol. The summed E-state index contributed by atoms with van der Waals surface area (Å²) in [7, 11) is 0. The molecule has 0 aromatic heterocycles. The Bertz CT molecular complexity index is 264. The van der Waals surface area contributed by atoms with E-state index in [9.17, 15) is 4.79 Å². The van der Waals surface area contributed by atoms with Crippen LogP contribution >= 0.6 is 0 Å². The maximum absolute atomic E-state index is 12.5. The predicted octanol–water partition coefficient (Wildman–Crippen LogP) is 1.14. The van der Waals surface area contributed by atoms with Gasteiger partial charge in [0.1, 0.15) is 6.10 Å². The zero-order valence-corrected chi connectivity index (χ0v) is 10.7. The van der Waals surface area contributed by atoms with Gasteiger partial charge in [-0.25, -0.2) is 0 Å². The highest BCUT2D eigenvalue weighted by atomic mass is 16.5. The average molecular weight is 240 g/mol. The van der Waals surface area contributed by atoms with Crippen molar-refractivity contribution in [2.75, 3.05) is 19.7 Å². The van der Waals surface area contributed by atoms with E-state index in [0.717, 1.165) is 25.9 Å². The molecule has 4 heteroatoms. The van der Waals surface area contributed by atoms with E-state index in [4.69, 9.17) is 10.5 Å². The Morgan fingerprint density at radius 1 is 1.35 bits per heavy atom. The summed E-state index contributed by atoms with van der Waals surface area (Å²) >= 11 is 0. The van der Waals surface area contributed by atoms with Crippen molar-refractivity contribution in [2.45, 2.75) is 51.2 Å². The molecule has 1 aliphatic heterocycles. The first-order valence-electron chi connectivity index (χ1n) is 6.86. The number of nitrogens with two attached hydrogens (primary N) is 1. The molecule has 4 nitrogen and oxygen atoms in total. The van der Waals surface area contributed by atoms with Crippen molar-refractivity contribution >= 4 is 5.91 Å². The second kappa shape index (κ2) is 5.83. The molecule has 98 valence electrons. The van der Waals surface area contributed by atoms with Crippen molar-refractivity contribution in [3.8, 4) is 0 Å². The highest BCUT2D eigenvalue weighted by Gasteiger charge is 2.36. The number of amides is 1. The van der Waals surface area contributed by atoms with Crippen molar-refractivity contribution in [1.29, 1.82) is 0 Å². The number of ether oxygens (including phenoxy) is 1. The van der Waals surface area contributed by atoms with Gasteiger partial charge in [0, 0.05) is 25.7 Å². The molecule has 1 aliphatic carbocycles. The number of rotatable bonds is 4. The van der Waals surface area contributed by atoms with Crippen LogP contribution in [0.1, 0.15) is 39.0 Å². The smallest absolute Gasteiger partial charge is 0.252 e. The van der Waals surface area contributed by atoms with Gasteiger partial charge >= 0.3 is 0 Å². The van der Waals surface area contributed by atoms with Gasteiger partial charge in [-0.15, -0.1) is 0 Å². The fourth-order valence-electron chi connectivity index (χ4n) is 3.00. The first-order chi connectivity index (χ1) is 8.24. The summed E-state index contributed by atoms with van der Waals surface area (Å²) in [5.41, 5.74) is 5.63. The Hall–Kier alpha value is -0.610. The SMILES string of the molecule is CC1CCOC1C(=O)N(CCN)C1CCCC1. The van der Waals surface area contributed by atoms with Crippen LogP contribution in [0, 0.1) is 5.92 Å². The fraction of sp³-hybridized carbons (Fsp3) is 0.923. The molecule has 1 heterocycles. The van der Waals surface area contributed by atoms with Crippen molar-refractivity contribution in [3.63, 3.8) is 0 Å². The van der Waals surface area contributed by atoms with E-state index >= 15 is 0 Å². The number of nitrogens with zero attached hydrogens (tertiary/aromatic N) is 1. The van der Waals surface area contributed by atoms with E-state index in [-0.39, 0.29) is 12.0 Å². The zero-order chi connectivity index (χ0) is 12.3. The Labute approximate surface area is 103 Å². The van der Waals surface area contributed by atoms with Gasteiger partial charge in [-0.05, 0) is 25.2 Å². The van der Waals surface area contributed by atoms with Gasteiger partial charge in [-0.2, -0.15) is 0 Å². The highest BCUT2D eigenvalue weighted by Crippen LogP contribution is 2.27. The number of hydrogen-bond acceptors (Lipinski definition) is 3. The first-order valence-corrected chi connectivity index (χ1v) is 6.86. The third-order valence-corrected chi connectivity index (χ3v) is 4.05. The largest absolute Gasteiger partial charge is 0.368 e. The molecule has 2 aliphatic rings. The standard InChI is InChI=1S/C13H24N2O2/c1-10-6-9-17-12(10)13(16)15(8-7-14)11-4-2-3-5-11/h10-12H,2-9,14H2,1H3. The Balaban J connectivity index is 2.01. The number of carbonyl (C=O) groups is 1. The van der Waals surface area contributed by atoms with Crippen LogP contribution in [0.2, 0.25) is 0 Å². The molecule has 0 radical (unpaired) electrons. The average Bonchev–Trinajstić information content (AvgIpc) is 2.95. The third-order valence-electron chi connectivity index (χ3n) is 4.05. The summed E-state index contributed by atoms with van der Waals surface area (Å²) in [6.07, 6.45) is 5.51. The van der Waals surface area contributed by atoms with Gasteiger partial charge in [0.05, 0.1) is 0 Å². The zero-order valence-electron chi connectivity index (χ0n) is 10.7. The lowest BCUT2D eigenvalue weighted by atomic mass is 10.0. The first kappa shape index (κ1) is 12.8. The van der Waals surface area contributed by atoms with Crippen LogP contribution in [0.25, 0.3) is 0 Å². The number of carbonyl (C=O) groups excluding carboxylic acids is 1. The van der Waals surface area contributed by atoms with Gasteiger partial charge in [0.2, 0.25) is 0 Å². The number of hydrogen-bond donors (Lipinski definition) is 1. The molecule has 2 unspecified atom stereocenters. The van der Waals surface area contributed by atoms with Crippen LogP contribution in [-0.4, -0.2) is 42.6 Å². The maximum atomic E-state index is 12.5. The lowest BCUT2D eigenvalue weighted by molar-refractivity contribution is -0.144. The summed E-state index contributed by atoms with van der Waals surface area (Å²) in [6.45, 7) is 4.04. The van der Waals surface area contributed by atoms with Gasteiger partial charge < -0.3 is 15.4 Å². The summed E-state index contributed by atoms with van der Waals surface area (Å²) in [6, 6.07) is 0.405. The van der Waals surface area contributed by atoms with E-state index in [1.165, 1.54) is 12.8 Å². The lowest BCUT2D eigenvalue weighted by Crippen LogP contribution is -2.48. The van der Waals surface area contributed by atoms with Gasteiger partial charge in [0.25, 0.3) is 5.91 Å². The molecule has 1 amide bonds. The minimum absolute atomic E-state index is 0.173. The molecule has 2 fully saturated rings. The summed E-state index contributed by atoms with van der Waals surface area (Å²) in [5, 5.41) is 0. The van der Waals surface area contributed by atoms with Crippen LogP contribution in [-0.2, 0) is 9.53 Å². The second-order valence-electron chi connectivity index (χ2n) is 5.32. The molecule has 2 rings (SSSR count). The molecule has 0 aromatic rings. The second-order valence-corrected chi connectivity index (χ2v) is 5.32. The molecule has 0 spiro atoms. The van der Waals surface area contributed by atoms with E-state index in [1.54, 1.807) is 0 Å². The topological polar surface area (TPSA) is 55.6 Å². The van der Waals surface area contributed by atoms with E-state index in [0.29, 0.717) is 25.0 Å². The molecular formula is C13H24N2O2. The maximum Gasteiger partial charge on any atom is 0.252 e. The van der Waals surface area contributed by atoms with E-state index in [1.807, 2.05) is 4.90 Å². The van der Waals surface area contributed by atoms with Crippen molar-refractivity contribution in [2.24, 2.45) is 11.7 Å².